The first-order valence-corrected chi connectivity index (χ1v) is 3.69. The summed E-state index contributed by atoms with van der Waals surface area (Å²) in [5, 5.41) is 1.71. The van der Waals surface area contributed by atoms with Gasteiger partial charge in [0.25, 0.3) is 0 Å². The molecule has 1 rings (SSSR count). The maximum absolute atomic E-state index is 10.5. The molecule has 0 spiro atoms. The van der Waals surface area contributed by atoms with Gasteiger partial charge in [0.05, 0.1) is 5.56 Å². The summed E-state index contributed by atoms with van der Waals surface area (Å²) in [5.41, 5.74) is 10.9. The Morgan fingerprint density at radius 2 is 2.27 bits per heavy atom. The van der Waals surface area contributed by atoms with Crippen LogP contribution in [0.5, 0.6) is 0 Å². The smallest absolute Gasteiger partial charge is 0.249 e. The Morgan fingerprint density at radius 1 is 1.64 bits per heavy atom. The second-order valence-corrected chi connectivity index (χ2v) is 2.87. The molecule has 0 aliphatic rings. The van der Waals surface area contributed by atoms with Crippen LogP contribution in [0.15, 0.2) is 11.4 Å². The minimum Gasteiger partial charge on any atom is -0.366 e. The van der Waals surface area contributed by atoms with Gasteiger partial charge in [-0.2, -0.15) is 0 Å². The highest BCUT2D eigenvalue weighted by Crippen LogP contribution is 2.12. The second-order valence-electron chi connectivity index (χ2n) is 1.87. The number of carbonyl (C=O) groups is 1. The summed E-state index contributed by atoms with van der Waals surface area (Å²) in [7, 11) is 0. The number of hydrogen-bond acceptors (Lipinski definition) is 3. The highest BCUT2D eigenvalue weighted by molar-refractivity contribution is 7.10. The van der Waals surface area contributed by atoms with E-state index in [1.807, 2.05) is 0 Å². The molecule has 4 N–H and O–H groups in total. The molecule has 0 radical (unpaired) electrons. The van der Waals surface area contributed by atoms with Gasteiger partial charge < -0.3 is 11.5 Å². The lowest BCUT2D eigenvalue weighted by Gasteiger charge is -1.84. The molecular formula is C6H9ClN2OS. The summed E-state index contributed by atoms with van der Waals surface area (Å²) < 4.78 is 0. The molecule has 0 unspecified atom stereocenters. The van der Waals surface area contributed by atoms with Gasteiger partial charge in [-0.25, -0.2) is 0 Å². The fourth-order valence-corrected chi connectivity index (χ4v) is 1.37. The van der Waals surface area contributed by atoms with E-state index < -0.39 is 5.91 Å². The highest BCUT2D eigenvalue weighted by atomic mass is 35.5. The molecule has 1 heterocycles. The minimum atomic E-state index is -0.393. The molecule has 11 heavy (non-hydrogen) atoms. The van der Waals surface area contributed by atoms with Crippen molar-refractivity contribution in [2.24, 2.45) is 11.5 Å². The van der Waals surface area contributed by atoms with Gasteiger partial charge in [-0.3, -0.25) is 4.79 Å². The van der Waals surface area contributed by atoms with Crippen LogP contribution < -0.4 is 11.5 Å². The molecule has 3 nitrogen and oxygen atoms in total. The fraction of sp³-hybridized carbons (Fsp3) is 0.167. The van der Waals surface area contributed by atoms with Gasteiger partial charge in [0.2, 0.25) is 5.91 Å². The van der Waals surface area contributed by atoms with Crippen molar-refractivity contribution in [3.8, 4) is 0 Å². The first-order chi connectivity index (χ1) is 4.74. The van der Waals surface area contributed by atoms with Crippen LogP contribution in [0.4, 0.5) is 0 Å². The summed E-state index contributed by atoms with van der Waals surface area (Å²) in [5.74, 6) is -0.393. The van der Waals surface area contributed by atoms with E-state index in [2.05, 4.69) is 0 Å². The van der Waals surface area contributed by atoms with Gasteiger partial charge in [-0.05, 0) is 6.07 Å². The Morgan fingerprint density at radius 3 is 2.55 bits per heavy atom. The number of primary amides is 1. The summed E-state index contributed by atoms with van der Waals surface area (Å²) in [4.78, 5) is 11.5. The zero-order valence-electron chi connectivity index (χ0n) is 5.74. The van der Waals surface area contributed by atoms with Gasteiger partial charge in [-0.15, -0.1) is 23.7 Å². The third-order valence-corrected chi connectivity index (χ3v) is 2.10. The van der Waals surface area contributed by atoms with E-state index in [9.17, 15) is 4.79 Å². The van der Waals surface area contributed by atoms with Crippen LogP contribution in [-0.2, 0) is 6.54 Å². The van der Waals surface area contributed by atoms with Crippen molar-refractivity contribution in [3.63, 3.8) is 0 Å². The van der Waals surface area contributed by atoms with Crippen molar-refractivity contribution in [2.75, 3.05) is 0 Å². The molecule has 0 fully saturated rings. The van der Waals surface area contributed by atoms with Crippen LogP contribution in [0.25, 0.3) is 0 Å². The van der Waals surface area contributed by atoms with Gasteiger partial charge in [0.1, 0.15) is 0 Å². The number of carbonyl (C=O) groups excluding carboxylic acids is 1. The molecule has 1 aromatic heterocycles. The van der Waals surface area contributed by atoms with Crippen molar-refractivity contribution in [1.29, 1.82) is 0 Å². The predicted molar refractivity (Wildman–Crippen MR) is 48.0 cm³/mol. The number of thiophene rings is 1. The SMILES string of the molecule is Cl.NCc1cc(C(N)=O)cs1. The van der Waals surface area contributed by atoms with Gasteiger partial charge >= 0.3 is 0 Å². The van der Waals surface area contributed by atoms with E-state index >= 15 is 0 Å². The molecule has 0 aliphatic carbocycles. The van der Waals surface area contributed by atoms with Crippen molar-refractivity contribution in [2.45, 2.75) is 6.54 Å². The summed E-state index contributed by atoms with van der Waals surface area (Å²) in [6.45, 7) is 0.470. The van der Waals surface area contributed by atoms with Crippen LogP contribution in [0, 0.1) is 0 Å². The standard InChI is InChI=1S/C6H8N2OS.ClH/c7-2-5-1-4(3-10-5)6(8)9;/h1,3H,2,7H2,(H2,8,9);1H. The third kappa shape index (κ3) is 2.49. The summed E-state index contributed by atoms with van der Waals surface area (Å²) in [6.07, 6.45) is 0. The Labute approximate surface area is 74.8 Å². The zero-order valence-corrected chi connectivity index (χ0v) is 7.37. The first-order valence-electron chi connectivity index (χ1n) is 2.81. The van der Waals surface area contributed by atoms with Crippen LogP contribution in [-0.4, -0.2) is 5.91 Å². The molecular weight excluding hydrogens is 184 g/mol. The van der Waals surface area contributed by atoms with Crippen molar-refractivity contribution >= 4 is 29.7 Å². The molecule has 0 atom stereocenters. The van der Waals surface area contributed by atoms with Crippen molar-refractivity contribution < 1.29 is 4.79 Å². The maximum atomic E-state index is 10.5. The molecule has 1 amide bonds. The van der Waals surface area contributed by atoms with E-state index in [1.54, 1.807) is 11.4 Å². The lowest BCUT2D eigenvalue weighted by molar-refractivity contribution is 0.100. The lowest BCUT2D eigenvalue weighted by Crippen LogP contribution is -2.09. The summed E-state index contributed by atoms with van der Waals surface area (Å²) >= 11 is 1.45. The largest absolute Gasteiger partial charge is 0.366 e. The van der Waals surface area contributed by atoms with Crippen molar-refractivity contribution in [1.82, 2.24) is 0 Å². The highest BCUT2D eigenvalue weighted by Gasteiger charge is 2.01. The normalized spacial score (nSPS) is 8.82. The molecule has 1 aromatic rings. The monoisotopic (exact) mass is 192 g/mol. The maximum Gasteiger partial charge on any atom is 0.249 e. The number of hydrogen-bond donors (Lipinski definition) is 2. The van der Waals surface area contributed by atoms with Gasteiger partial charge in [-0.1, -0.05) is 0 Å². The molecule has 0 saturated carbocycles. The zero-order chi connectivity index (χ0) is 7.56. The van der Waals surface area contributed by atoms with Gasteiger partial charge in [0.15, 0.2) is 0 Å². The van der Waals surface area contributed by atoms with E-state index in [0.29, 0.717) is 12.1 Å². The molecule has 0 aliphatic heterocycles. The molecule has 5 heteroatoms. The summed E-state index contributed by atoms with van der Waals surface area (Å²) in [6, 6.07) is 1.72. The van der Waals surface area contributed by atoms with E-state index in [4.69, 9.17) is 11.5 Å². The molecule has 0 aromatic carbocycles. The average molecular weight is 193 g/mol. The number of rotatable bonds is 2. The van der Waals surface area contributed by atoms with E-state index in [0.717, 1.165) is 4.88 Å². The Hall–Kier alpha value is -0.580. The van der Waals surface area contributed by atoms with Crippen molar-refractivity contribution in [3.05, 3.63) is 21.9 Å². The molecule has 62 valence electrons. The predicted octanol–water partition coefficient (Wildman–Crippen LogP) is 0.728. The van der Waals surface area contributed by atoms with Crippen LogP contribution in [0.2, 0.25) is 0 Å². The molecule has 0 saturated heterocycles. The van der Waals surface area contributed by atoms with Crippen LogP contribution in [0.3, 0.4) is 0 Å². The Bertz CT molecular complexity index is 248. The second kappa shape index (κ2) is 4.33. The third-order valence-electron chi connectivity index (χ3n) is 1.14. The fourth-order valence-electron chi connectivity index (χ4n) is 0.617. The Kier molecular flexibility index (Phi) is 4.10. The minimum absolute atomic E-state index is 0. The van der Waals surface area contributed by atoms with Gasteiger partial charge in [0, 0.05) is 16.8 Å². The number of halogens is 1. The molecule has 0 bridgehead atoms. The quantitative estimate of drug-likeness (QED) is 0.726. The first kappa shape index (κ1) is 10.4. The van der Waals surface area contributed by atoms with Crippen LogP contribution in [0.1, 0.15) is 15.2 Å². The van der Waals surface area contributed by atoms with Crippen LogP contribution >= 0.6 is 23.7 Å². The van der Waals surface area contributed by atoms with E-state index in [1.165, 1.54) is 11.3 Å². The lowest BCUT2D eigenvalue weighted by atomic mass is 10.3. The van der Waals surface area contributed by atoms with E-state index in [-0.39, 0.29) is 12.4 Å². The number of amides is 1. The Balaban J connectivity index is 0.000001000. The number of nitrogens with two attached hydrogens (primary N) is 2. The average Bonchev–Trinajstić information content (AvgIpc) is 2.34. The topological polar surface area (TPSA) is 69.1 Å².